The maximum absolute atomic E-state index is 11.6. The number of hydrogen-bond donors (Lipinski definition) is 2. The van der Waals surface area contributed by atoms with Crippen LogP contribution < -0.4 is 5.32 Å². The number of aromatic amines is 1. The molecule has 1 amide bonds. The van der Waals surface area contributed by atoms with E-state index in [0.717, 1.165) is 5.69 Å². The van der Waals surface area contributed by atoms with Crippen molar-refractivity contribution in [3.63, 3.8) is 0 Å². The molecule has 0 atom stereocenters. The van der Waals surface area contributed by atoms with Gasteiger partial charge in [-0.15, -0.1) is 0 Å². The number of rotatable bonds is 7. The molecule has 1 aromatic rings. The minimum absolute atomic E-state index is 0.0184. The van der Waals surface area contributed by atoms with E-state index in [9.17, 15) is 4.79 Å². The number of nitrogens with one attached hydrogen (secondary N) is 2. The number of ether oxygens (including phenoxy) is 1. The van der Waals surface area contributed by atoms with Crippen LogP contribution in [0, 0.1) is 4.77 Å². The first-order chi connectivity index (χ1) is 8.56. The summed E-state index contributed by atoms with van der Waals surface area (Å²) >= 11 is 5.21. The molecule has 0 aromatic carbocycles. The lowest BCUT2D eigenvalue weighted by Gasteiger charge is -2.10. The van der Waals surface area contributed by atoms with Crippen LogP contribution in [0.5, 0.6) is 0 Å². The van der Waals surface area contributed by atoms with E-state index in [4.69, 9.17) is 17.0 Å². The molecule has 1 aromatic heterocycles. The Morgan fingerprint density at radius 3 is 2.94 bits per heavy atom. The molecule has 1 heterocycles. The van der Waals surface area contributed by atoms with E-state index in [-0.39, 0.29) is 5.91 Å². The smallest absolute Gasteiger partial charge is 0.221 e. The average Bonchev–Trinajstić information content (AvgIpc) is 2.68. The maximum atomic E-state index is 11.6. The van der Waals surface area contributed by atoms with Crippen LogP contribution in [0.4, 0.5) is 0 Å². The van der Waals surface area contributed by atoms with Crippen molar-refractivity contribution in [1.29, 1.82) is 0 Å². The van der Waals surface area contributed by atoms with E-state index in [1.54, 1.807) is 7.11 Å². The summed E-state index contributed by atoms with van der Waals surface area (Å²) in [5.74, 6) is 0.402. The molecule has 0 unspecified atom stereocenters. The van der Waals surface area contributed by atoms with Crippen LogP contribution >= 0.6 is 12.2 Å². The van der Waals surface area contributed by atoms with Crippen molar-refractivity contribution in [3.8, 4) is 0 Å². The van der Waals surface area contributed by atoms with Crippen LogP contribution in [0.2, 0.25) is 0 Å². The van der Waals surface area contributed by atoms with Crippen molar-refractivity contribution in [2.75, 3.05) is 20.3 Å². The minimum atomic E-state index is 0.0184. The molecule has 0 spiro atoms. The van der Waals surface area contributed by atoms with Gasteiger partial charge in [0.1, 0.15) is 0 Å². The van der Waals surface area contributed by atoms with Gasteiger partial charge in [-0.3, -0.25) is 4.79 Å². The fourth-order valence-electron chi connectivity index (χ4n) is 1.71. The quantitative estimate of drug-likeness (QED) is 0.587. The molecule has 0 fully saturated rings. The van der Waals surface area contributed by atoms with Crippen LogP contribution in [-0.4, -0.2) is 35.7 Å². The van der Waals surface area contributed by atoms with Gasteiger partial charge in [0, 0.05) is 38.5 Å². The monoisotopic (exact) mass is 271 g/mol. The topological polar surface area (TPSA) is 59.0 Å². The summed E-state index contributed by atoms with van der Waals surface area (Å²) < 4.78 is 7.52. The molecule has 0 aliphatic carbocycles. The molecule has 0 aliphatic heterocycles. The summed E-state index contributed by atoms with van der Waals surface area (Å²) in [7, 11) is 1.61. The Morgan fingerprint density at radius 2 is 2.33 bits per heavy atom. The predicted octanol–water partition coefficient (Wildman–Crippen LogP) is 1.82. The number of carbonyl (C=O) groups excluding carboxylic acids is 1. The van der Waals surface area contributed by atoms with E-state index in [1.165, 1.54) is 0 Å². The normalized spacial score (nSPS) is 10.9. The lowest BCUT2D eigenvalue weighted by Crippen LogP contribution is -2.27. The Balaban J connectivity index is 2.50. The molecule has 102 valence electrons. The van der Waals surface area contributed by atoms with E-state index >= 15 is 0 Å². The van der Waals surface area contributed by atoms with Gasteiger partial charge >= 0.3 is 0 Å². The van der Waals surface area contributed by atoms with Crippen molar-refractivity contribution in [3.05, 3.63) is 16.7 Å². The number of amides is 1. The van der Waals surface area contributed by atoms with Gasteiger partial charge in [-0.05, 0) is 18.1 Å². The molecule has 0 saturated carbocycles. The van der Waals surface area contributed by atoms with Crippen LogP contribution in [-0.2, 0) is 16.1 Å². The van der Waals surface area contributed by atoms with Gasteiger partial charge in [0.05, 0.1) is 6.61 Å². The second-order valence-corrected chi connectivity index (χ2v) is 4.80. The Bertz CT molecular complexity index is 437. The molecular weight excluding hydrogens is 250 g/mol. The van der Waals surface area contributed by atoms with Gasteiger partial charge in [-0.25, -0.2) is 0 Å². The van der Waals surface area contributed by atoms with Crippen LogP contribution in [0.15, 0.2) is 6.20 Å². The van der Waals surface area contributed by atoms with Gasteiger partial charge in [0.2, 0.25) is 5.91 Å². The molecule has 0 aliphatic rings. The SMILES string of the molecule is COCCNC(=O)CCn1c(C(C)C)c[nH]c1=S. The summed E-state index contributed by atoms with van der Waals surface area (Å²) in [5.41, 5.74) is 1.13. The first-order valence-electron chi connectivity index (χ1n) is 6.10. The lowest BCUT2D eigenvalue weighted by molar-refractivity contribution is -0.121. The van der Waals surface area contributed by atoms with Crippen molar-refractivity contribution < 1.29 is 9.53 Å². The van der Waals surface area contributed by atoms with Gasteiger partial charge in [-0.2, -0.15) is 0 Å². The fourth-order valence-corrected chi connectivity index (χ4v) is 1.97. The van der Waals surface area contributed by atoms with Gasteiger partial charge in [-0.1, -0.05) is 13.8 Å². The first kappa shape index (κ1) is 14.9. The lowest BCUT2D eigenvalue weighted by atomic mass is 10.1. The Hall–Kier alpha value is -1.14. The fraction of sp³-hybridized carbons (Fsp3) is 0.667. The zero-order valence-corrected chi connectivity index (χ0v) is 12.0. The first-order valence-corrected chi connectivity index (χ1v) is 6.50. The number of carbonyl (C=O) groups is 1. The second kappa shape index (κ2) is 7.33. The highest BCUT2D eigenvalue weighted by Gasteiger charge is 2.09. The maximum Gasteiger partial charge on any atom is 0.221 e. The number of imidazole rings is 1. The highest BCUT2D eigenvalue weighted by molar-refractivity contribution is 7.71. The van der Waals surface area contributed by atoms with E-state index in [1.807, 2.05) is 10.8 Å². The highest BCUT2D eigenvalue weighted by atomic mass is 32.1. The van der Waals surface area contributed by atoms with Crippen molar-refractivity contribution in [2.45, 2.75) is 32.7 Å². The summed E-state index contributed by atoms with van der Waals surface area (Å²) in [5, 5.41) is 2.79. The molecule has 2 N–H and O–H groups in total. The van der Waals surface area contributed by atoms with Gasteiger partial charge in [0.15, 0.2) is 4.77 Å². The van der Waals surface area contributed by atoms with Crippen molar-refractivity contribution in [1.82, 2.24) is 14.9 Å². The number of hydrogen-bond acceptors (Lipinski definition) is 3. The molecule has 0 bridgehead atoms. The zero-order valence-electron chi connectivity index (χ0n) is 11.2. The third-order valence-electron chi connectivity index (χ3n) is 2.68. The Morgan fingerprint density at radius 1 is 1.61 bits per heavy atom. The van der Waals surface area contributed by atoms with Crippen molar-refractivity contribution >= 4 is 18.1 Å². The summed E-state index contributed by atoms with van der Waals surface area (Å²) in [6, 6.07) is 0. The summed E-state index contributed by atoms with van der Waals surface area (Å²) in [4.78, 5) is 14.6. The highest BCUT2D eigenvalue weighted by Crippen LogP contribution is 2.14. The number of H-pyrrole nitrogens is 1. The molecule has 0 saturated heterocycles. The molecule has 5 nitrogen and oxygen atoms in total. The molecule has 0 radical (unpaired) electrons. The molecule has 6 heteroatoms. The Kier molecular flexibility index (Phi) is 6.07. The van der Waals surface area contributed by atoms with Crippen LogP contribution in [0.25, 0.3) is 0 Å². The van der Waals surface area contributed by atoms with Crippen LogP contribution in [0.3, 0.4) is 0 Å². The minimum Gasteiger partial charge on any atom is -0.383 e. The largest absolute Gasteiger partial charge is 0.383 e. The van der Waals surface area contributed by atoms with E-state index < -0.39 is 0 Å². The average molecular weight is 271 g/mol. The zero-order chi connectivity index (χ0) is 13.5. The second-order valence-electron chi connectivity index (χ2n) is 4.42. The molecule has 1 rings (SSSR count). The third-order valence-corrected chi connectivity index (χ3v) is 3.02. The predicted molar refractivity (Wildman–Crippen MR) is 73.2 cm³/mol. The number of nitrogens with zero attached hydrogens (tertiary/aromatic N) is 1. The van der Waals surface area contributed by atoms with Gasteiger partial charge < -0.3 is 19.6 Å². The van der Waals surface area contributed by atoms with Crippen LogP contribution in [0.1, 0.15) is 31.9 Å². The Labute approximate surface area is 113 Å². The number of aromatic nitrogens is 2. The number of methoxy groups -OCH3 is 1. The third kappa shape index (κ3) is 4.27. The summed E-state index contributed by atoms with van der Waals surface area (Å²) in [6.07, 6.45) is 2.34. The molecular formula is C12H21N3O2S. The summed E-state index contributed by atoms with van der Waals surface area (Å²) in [6.45, 7) is 5.90. The van der Waals surface area contributed by atoms with E-state index in [0.29, 0.717) is 36.8 Å². The van der Waals surface area contributed by atoms with Crippen molar-refractivity contribution in [2.24, 2.45) is 0 Å². The van der Waals surface area contributed by atoms with E-state index in [2.05, 4.69) is 24.1 Å². The van der Waals surface area contributed by atoms with Gasteiger partial charge in [0.25, 0.3) is 0 Å². The standard InChI is InChI=1S/C12H21N3O2S/c1-9(2)10-8-14-12(18)15(10)6-4-11(16)13-5-7-17-3/h8-9H,4-7H2,1-3H3,(H,13,16)(H,14,18). The molecule has 18 heavy (non-hydrogen) atoms.